The number of carbonyl (C=O) groups is 1. The van der Waals surface area contributed by atoms with Gasteiger partial charge in [-0.25, -0.2) is 0 Å². The molecule has 0 unspecified atom stereocenters. The van der Waals surface area contributed by atoms with Crippen molar-refractivity contribution < 1.29 is 4.79 Å². The number of hydrogen-bond acceptors (Lipinski definition) is 1. The van der Waals surface area contributed by atoms with E-state index in [1.54, 1.807) is 0 Å². The third-order valence-electron chi connectivity index (χ3n) is 3.50. The smallest absolute Gasteiger partial charge is 0.152 e. The molecule has 3 nitrogen and oxygen atoms in total. The van der Waals surface area contributed by atoms with Gasteiger partial charge in [0, 0.05) is 39.6 Å². The Hall–Kier alpha value is -2.55. The van der Waals surface area contributed by atoms with Crippen LogP contribution in [0.1, 0.15) is 10.4 Å². The van der Waals surface area contributed by atoms with Crippen LogP contribution in [0.5, 0.6) is 0 Å². The van der Waals surface area contributed by atoms with Gasteiger partial charge in [-0.05, 0) is 17.5 Å². The number of para-hydroxylation sites is 1. The van der Waals surface area contributed by atoms with Gasteiger partial charge in [0.05, 0.1) is 5.52 Å². The van der Waals surface area contributed by atoms with Crippen molar-refractivity contribution in [1.29, 1.82) is 0 Å². The highest BCUT2D eigenvalue weighted by molar-refractivity contribution is 6.21. The molecule has 2 N–H and O–H groups in total. The summed E-state index contributed by atoms with van der Waals surface area (Å²) in [7, 11) is 0. The Bertz CT molecular complexity index is 899. The lowest BCUT2D eigenvalue weighted by atomic mass is 10.1. The molecule has 0 radical (unpaired) electrons. The van der Waals surface area contributed by atoms with Crippen molar-refractivity contribution in [2.75, 3.05) is 0 Å². The van der Waals surface area contributed by atoms with Crippen LogP contribution in [0, 0.1) is 0 Å². The van der Waals surface area contributed by atoms with E-state index in [2.05, 4.69) is 22.1 Å². The molecule has 0 fully saturated rings. The number of nitrogens with one attached hydrogen (secondary N) is 2. The number of aldehydes is 1. The highest BCUT2D eigenvalue weighted by Crippen LogP contribution is 2.32. The highest BCUT2D eigenvalue weighted by atomic mass is 16.1. The molecule has 0 amide bonds. The predicted octanol–water partition coefficient (Wildman–Crippen LogP) is 3.61. The quantitative estimate of drug-likeness (QED) is 0.485. The van der Waals surface area contributed by atoms with Gasteiger partial charge in [-0.15, -0.1) is 0 Å². The van der Waals surface area contributed by atoms with Gasteiger partial charge in [-0.1, -0.05) is 18.2 Å². The first-order valence-electron chi connectivity index (χ1n) is 5.83. The molecule has 18 heavy (non-hydrogen) atoms. The lowest BCUT2D eigenvalue weighted by Crippen LogP contribution is -1.80. The summed E-state index contributed by atoms with van der Waals surface area (Å²) in [6, 6.07) is 9.93. The number of hydrogen-bond donors (Lipinski definition) is 2. The fraction of sp³-hybridized carbons (Fsp3) is 0. The lowest BCUT2D eigenvalue weighted by molar-refractivity contribution is 0.112. The van der Waals surface area contributed by atoms with E-state index in [1.165, 1.54) is 16.2 Å². The zero-order chi connectivity index (χ0) is 12.1. The third kappa shape index (κ3) is 1.06. The fourth-order valence-electron chi connectivity index (χ4n) is 2.68. The summed E-state index contributed by atoms with van der Waals surface area (Å²) in [5, 5.41) is 4.63. The minimum atomic E-state index is 0.701. The molecule has 0 bridgehead atoms. The van der Waals surface area contributed by atoms with Crippen LogP contribution in [0.25, 0.3) is 32.6 Å². The van der Waals surface area contributed by atoms with Gasteiger partial charge >= 0.3 is 0 Å². The van der Waals surface area contributed by atoms with Crippen LogP contribution >= 0.6 is 0 Å². The van der Waals surface area contributed by atoms with E-state index in [4.69, 9.17) is 0 Å². The molecule has 4 aromatic rings. The van der Waals surface area contributed by atoms with Crippen LogP contribution in [0.15, 0.2) is 42.7 Å². The van der Waals surface area contributed by atoms with Crippen LogP contribution < -0.4 is 0 Å². The molecular weight excluding hydrogens is 224 g/mol. The molecule has 3 heteroatoms. The summed E-state index contributed by atoms with van der Waals surface area (Å²) in [5.74, 6) is 0. The van der Waals surface area contributed by atoms with E-state index in [0.717, 1.165) is 22.7 Å². The maximum Gasteiger partial charge on any atom is 0.152 e. The first kappa shape index (κ1) is 9.48. The SMILES string of the molecule is O=Cc1cccc2c1[nH]c1ccc3c[nH]cc3c12. The Morgan fingerprint density at radius 2 is 1.94 bits per heavy atom. The van der Waals surface area contributed by atoms with Crippen LogP contribution in [-0.4, -0.2) is 16.3 Å². The zero-order valence-electron chi connectivity index (χ0n) is 9.53. The number of H-pyrrole nitrogens is 2. The Morgan fingerprint density at radius 1 is 1.00 bits per heavy atom. The molecule has 86 valence electrons. The van der Waals surface area contributed by atoms with Crippen molar-refractivity contribution in [2.45, 2.75) is 0 Å². The molecule has 0 aliphatic heterocycles. The van der Waals surface area contributed by atoms with Crippen molar-refractivity contribution in [3.8, 4) is 0 Å². The van der Waals surface area contributed by atoms with Crippen molar-refractivity contribution in [2.24, 2.45) is 0 Å². The Kier molecular flexibility index (Phi) is 1.70. The first-order chi connectivity index (χ1) is 8.88. The first-order valence-corrected chi connectivity index (χ1v) is 5.83. The Morgan fingerprint density at radius 3 is 2.83 bits per heavy atom. The van der Waals surface area contributed by atoms with Gasteiger partial charge in [0.15, 0.2) is 6.29 Å². The summed E-state index contributed by atoms with van der Waals surface area (Å²) >= 11 is 0. The van der Waals surface area contributed by atoms with Crippen molar-refractivity contribution in [3.05, 3.63) is 48.3 Å². The number of aromatic amines is 2. The normalized spacial score (nSPS) is 11.6. The molecule has 0 saturated heterocycles. The minimum absolute atomic E-state index is 0.701. The second-order valence-corrected chi connectivity index (χ2v) is 4.46. The topological polar surface area (TPSA) is 48.6 Å². The number of aromatic nitrogens is 2. The largest absolute Gasteiger partial charge is 0.366 e. The molecule has 0 atom stereocenters. The number of rotatable bonds is 1. The summed E-state index contributed by atoms with van der Waals surface area (Å²) in [6.07, 6.45) is 4.88. The molecule has 4 rings (SSSR count). The molecule has 2 aromatic carbocycles. The monoisotopic (exact) mass is 234 g/mol. The maximum absolute atomic E-state index is 11.1. The van der Waals surface area contributed by atoms with Crippen molar-refractivity contribution >= 4 is 38.9 Å². The summed E-state index contributed by atoms with van der Waals surface area (Å²) < 4.78 is 0. The second-order valence-electron chi connectivity index (χ2n) is 4.46. The molecule has 0 spiro atoms. The number of benzene rings is 2. The van der Waals surface area contributed by atoms with E-state index >= 15 is 0 Å². The van der Waals surface area contributed by atoms with Gasteiger partial charge in [0.2, 0.25) is 0 Å². The van der Waals surface area contributed by atoms with Gasteiger partial charge in [0.25, 0.3) is 0 Å². The number of fused-ring (bicyclic) bond motifs is 5. The maximum atomic E-state index is 11.1. The second kappa shape index (κ2) is 3.23. The van der Waals surface area contributed by atoms with Crippen molar-refractivity contribution in [1.82, 2.24) is 9.97 Å². The standard InChI is InChI=1S/C15H10N2O/c18-8-10-2-1-3-11-14-12-7-16-6-9(12)4-5-13(14)17-15(10)11/h1-8,16-17H. The van der Waals surface area contributed by atoms with Gasteiger partial charge in [0.1, 0.15) is 0 Å². The highest BCUT2D eigenvalue weighted by Gasteiger charge is 2.10. The van der Waals surface area contributed by atoms with Gasteiger partial charge < -0.3 is 9.97 Å². The Labute approximate surface area is 102 Å². The number of carbonyl (C=O) groups excluding carboxylic acids is 1. The average Bonchev–Trinajstić information content (AvgIpc) is 3.00. The fourth-order valence-corrected chi connectivity index (χ4v) is 2.68. The van der Waals surface area contributed by atoms with E-state index in [9.17, 15) is 4.79 Å². The van der Waals surface area contributed by atoms with Gasteiger partial charge in [-0.2, -0.15) is 0 Å². The van der Waals surface area contributed by atoms with E-state index < -0.39 is 0 Å². The minimum Gasteiger partial charge on any atom is -0.366 e. The summed E-state index contributed by atoms with van der Waals surface area (Å²) in [6.45, 7) is 0. The summed E-state index contributed by atoms with van der Waals surface area (Å²) in [4.78, 5) is 17.5. The average molecular weight is 234 g/mol. The summed E-state index contributed by atoms with van der Waals surface area (Å²) in [5.41, 5.74) is 2.68. The molecule has 0 aliphatic carbocycles. The molecule has 2 aromatic heterocycles. The van der Waals surface area contributed by atoms with E-state index in [-0.39, 0.29) is 0 Å². The third-order valence-corrected chi connectivity index (χ3v) is 3.50. The van der Waals surface area contributed by atoms with Crippen LogP contribution in [-0.2, 0) is 0 Å². The predicted molar refractivity (Wildman–Crippen MR) is 73.0 cm³/mol. The Balaban J connectivity index is 2.35. The molecule has 2 heterocycles. The zero-order valence-corrected chi connectivity index (χ0v) is 9.53. The lowest BCUT2D eigenvalue weighted by Gasteiger charge is -1.95. The molecule has 0 saturated carbocycles. The van der Waals surface area contributed by atoms with Crippen LogP contribution in [0.2, 0.25) is 0 Å². The van der Waals surface area contributed by atoms with Crippen LogP contribution in [0.4, 0.5) is 0 Å². The van der Waals surface area contributed by atoms with E-state index in [1.807, 2.05) is 30.6 Å². The van der Waals surface area contributed by atoms with Gasteiger partial charge in [-0.3, -0.25) is 4.79 Å². The van der Waals surface area contributed by atoms with E-state index in [0.29, 0.717) is 5.56 Å². The molecule has 0 aliphatic rings. The van der Waals surface area contributed by atoms with Crippen molar-refractivity contribution in [3.63, 3.8) is 0 Å². The molecular formula is C15H10N2O. The van der Waals surface area contributed by atoms with Crippen LogP contribution in [0.3, 0.4) is 0 Å².